The second-order valence-corrected chi connectivity index (χ2v) is 4.86. The van der Waals surface area contributed by atoms with Gasteiger partial charge in [-0.15, -0.1) is 0 Å². The lowest BCUT2D eigenvalue weighted by Crippen LogP contribution is -2.24. The molecule has 1 heterocycles. The van der Waals surface area contributed by atoms with Crippen LogP contribution in [0.15, 0.2) is 36.7 Å². The van der Waals surface area contributed by atoms with Gasteiger partial charge >= 0.3 is 0 Å². The monoisotopic (exact) mass is 274 g/mol. The Balaban J connectivity index is 2.12. The number of benzene rings is 1. The van der Waals surface area contributed by atoms with Crippen molar-refractivity contribution in [3.8, 4) is 0 Å². The van der Waals surface area contributed by atoms with Gasteiger partial charge in [0.25, 0.3) is 5.69 Å². The van der Waals surface area contributed by atoms with Crippen LogP contribution in [0, 0.1) is 10.1 Å². The van der Waals surface area contributed by atoms with Crippen molar-refractivity contribution in [2.75, 3.05) is 0 Å². The van der Waals surface area contributed by atoms with E-state index in [9.17, 15) is 10.1 Å². The minimum absolute atomic E-state index is 0.00148. The predicted molar refractivity (Wildman–Crippen MR) is 76.3 cm³/mol. The number of aromatic nitrogens is 2. The highest BCUT2D eigenvalue weighted by atomic mass is 16.6. The van der Waals surface area contributed by atoms with E-state index in [1.807, 2.05) is 37.7 Å². The molecule has 0 amide bonds. The Labute approximate surface area is 117 Å². The summed E-state index contributed by atoms with van der Waals surface area (Å²) < 4.78 is 1.96. The van der Waals surface area contributed by atoms with Crippen LogP contribution < -0.4 is 5.32 Å². The molecule has 1 aromatic heterocycles. The van der Waals surface area contributed by atoms with E-state index in [-0.39, 0.29) is 22.7 Å². The summed E-state index contributed by atoms with van der Waals surface area (Å²) in [4.78, 5) is 14.7. The lowest BCUT2D eigenvalue weighted by Gasteiger charge is -2.20. The molecule has 6 heteroatoms. The summed E-state index contributed by atoms with van der Waals surface area (Å²) in [5.74, 6) is 0.933. The SMILES string of the molecule is CC(NC(C)c1nccn1C)c1cccc([N+](=O)[O-])c1. The maximum absolute atomic E-state index is 10.8. The number of imidazole rings is 1. The standard InChI is InChI=1S/C14H18N4O2/c1-10(12-5-4-6-13(9-12)18(19)20)16-11(2)14-15-7-8-17(14)3/h4-11,16H,1-3H3. The molecule has 2 unspecified atom stereocenters. The van der Waals surface area contributed by atoms with Gasteiger partial charge in [-0.25, -0.2) is 4.98 Å². The number of nitrogens with one attached hydrogen (secondary N) is 1. The van der Waals surface area contributed by atoms with Gasteiger partial charge in [0.2, 0.25) is 0 Å². The van der Waals surface area contributed by atoms with Crippen LogP contribution in [0.25, 0.3) is 0 Å². The number of hydrogen-bond acceptors (Lipinski definition) is 4. The Bertz CT molecular complexity index is 609. The molecule has 0 saturated carbocycles. The molecule has 2 rings (SSSR count). The van der Waals surface area contributed by atoms with Crippen LogP contribution in [0.1, 0.15) is 37.3 Å². The van der Waals surface area contributed by atoms with E-state index in [0.29, 0.717) is 0 Å². The molecule has 20 heavy (non-hydrogen) atoms. The number of nitro benzene ring substituents is 1. The van der Waals surface area contributed by atoms with Gasteiger partial charge in [-0.05, 0) is 19.4 Å². The molecule has 1 N–H and O–H groups in total. The van der Waals surface area contributed by atoms with Gasteiger partial charge in [-0.3, -0.25) is 10.1 Å². The smallest absolute Gasteiger partial charge is 0.269 e. The van der Waals surface area contributed by atoms with Gasteiger partial charge in [0, 0.05) is 37.6 Å². The normalized spacial score (nSPS) is 13.9. The summed E-state index contributed by atoms with van der Waals surface area (Å²) in [5.41, 5.74) is 1.00. The summed E-state index contributed by atoms with van der Waals surface area (Å²) >= 11 is 0. The van der Waals surface area contributed by atoms with Crippen molar-refractivity contribution in [1.29, 1.82) is 0 Å². The molecule has 106 valence electrons. The van der Waals surface area contributed by atoms with Gasteiger partial charge < -0.3 is 9.88 Å². The van der Waals surface area contributed by atoms with Gasteiger partial charge in [-0.2, -0.15) is 0 Å². The average Bonchev–Trinajstić information content (AvgIpc) is 2.85. The first kappa shape index (κ1) is 14.2. The zero-order chi connectivity index (χ0) is 14.7. The number of aryl methyl sites for hydroxylation is 1. The molecule has 0 spiro atoms. The maximum atomic E-state index is 10.8. The molecule has 0 aliphatic heterocycles. The molecule has 2 aromatic rings. The van der Waals surface area contributed by atoms with Gasteiger partial charge in [0.1, 0.15) is 5.82 Å². The third kappa shape index (κ3) is 3.03. The minimum Gasteiger partial charge on any atom is -0.337 e. The van der Waals surface area contributed by atoms with Gasteiger partial charge in [-0.1, -0.05) is 12.1 Å². The quantitative estimate of drug-likeness (QED) is 0.672. The first-order valence-electron chi connectivity index (χ1n) is 6.46. The summed E-state index contributed by atoms with van der Waals surface area (Å²) in [6.45, 7) is 4.01. The molecule has 0 bridgehead atoms. The maximum Gasteiger partial charge on any atom is 0.269 e. The van der Waals surface area contributed by atoms with Gasteiger partial charge in [0.15, 0.2) is 0 Å². The fourth-order valence-corrected chi connectivity index (χ4v) is 2.25. The number of nitrogens with zero attached hydrogens (tertiary/aromatic N) is 3. The first-order valence-corrected chi connectivity index (χ1v) is 6.46. The summed E-state index contributed by atoms with van der Waals surface area (Å²) in [7, 11) is 1.94. The number of hydrogen-bond donors (Lipinski definition) is 1. The first-order chi connectivity index (χ1) is 9.49. The van der Waals surface area contributed by atoms with E-state index < -0.39 is 0 Å². The zero-order valence-corrected chi connectivity index (χ0v) is 11.8. The van der Waals surface area contributed by atoms with Crippen molar-refractivity contribution in [3.63, 3.8) is 0 Å². The molecule has 0 saturated heterocycles. The van der Waals surface area contributed by atoms with Gasteiger partial charge in [0.05, 0.1) is 11.0 Å². The van der Waals surface area contributed by atoms with Crippen LogP contribution in [-0.4, -0.2) is 14.5 Å². The lowest BCUT2D eigenvalue weighted by molar-refractivity contribution is -0.384. The number of nitro groups is 1. The van der Waals surface area contributed by atoms with Crippen LogP contribution in [0.5, 0.6) is 0 Å². The third-order valence-electron chi connectivity index (χ3n) is 3.33. The number of rotatable bonds is 5. The largest absolute Gasteiger partial charge is 0.337 e. The Morgan fingerprint density at radius 1 is 1.35 bits per heavy atom. The van der Waals surface area contributed by atoms with E-state index in [1.165, 1.54) is 6.07 Å². The molecule has 2 atom stereocenters. The second-order valence-electron chi connectivity index (χ2n) is 4.86. The fourth-order valence-electron chi connectivity index (χ4n) is 2.25. The van der Waals surface area contributed by atoms with Crippen LogP contribution in [0.3, 0.4) is 0 Å². The Hall–Kier alpha value is -2.21. The molecule has 0 fully saturated rings. The van der Waals surface area contributed by atoms with Crippen molar-refractivity contribution in [1.82, 2.24) is 14.9 Å². The lowest BCUT2D eigenvalue weighted by atomic mass is 10.1. The fraction of sp³-hybridized carbons (Fsp3) is 0.357. The summed E-state index contributed by atoms with van der Waals surface area (Å²) in [6, 6.07) is 6.75. The van der Waals surface area contributed by atoms with Crippen LogP contribution in [-0.2, 0) is 7.05 Å². The van der Waals surface area contributed by atoms with Crippen molar-refractivity contribution < 1.29 is 4.92 Å². The average molecular weight is 274 g/mol. The topological polar surface area (TPSA) is 73.0 Å². The molecule has 0 aliphatic rings. The summed E-state index contributed by atoms with van der Waals surface area (Å²) in [6.07, 6.45) is 3.65. The van der Waals surface area contributed by atoms with Crippen LogP contribution in [0.2, 0.25) is 0 Å². The Kier molecular flexibility index (Phi) is 4.14. The zero-order valence-electron chi connectivity index (χ0n) is 11.8. The highest BCUT2D eigenvalue weighted by molar-refractivity contribution is 5.35. The minimum atomic E-state index is -0.377. The molecule has 0 aliphatic carbocycles. The third-order valence-corrected chi connectivity index (χ3v) is 3.33. The van der Waals surface area contributed by atoms with E-state index in [0.717, 1.165) is 11.4 Å². The second kappa shape index (κ2) is 5.83. The Morgan fingerprint density at radius 3 is 2.70 bits per heavy atom. The molecular formula is C14H18N4O2. The molecule has 6 nitrogen and oxygen atoms in total. The van der Waals surface area contributed by atoms with E-state index >= 15 is 0 Å². The van der Waals surface area contributed by atoms with Crippen LogP contribution in [0.4, 0.5) is 5.69 Å². The van der Waals surface area contributed by atoms with Crippen molar-refractivity contribution in [2.45, 2.75) is 25.9 Å². The van der Waals surface area contributed by atoms with E-state index in [4.69, 9.17) is 0 Å². The molecular weight excluding hydrogens is 256 g/mol. The molecule has 0 radical (unpaired) electrons. The number of non-ortho nitro benzene ring substituents is 1. The summed E-state index contributed by atoms with van der Waals surface area (Å²) in [5, 5.41) is 14.2. The Morgan fingerprint density at radius 2 is 2.10 bits per heavy atom. The van der Waals surface area contributed by atoms with Crippen molar-refractivity contribution in [2.24, 2.45) is 7.05 Å². The van der Waals surface area contributed by atoms with E-state index in [2.05, 4.69) is 10.3 Å². The highest BCUT2D eigenvalue weighted by Gasteiger charge is 2.16. The molecule has 1 aromatic carbocycles. The van der Waals surface area contributed by atoms with Crippen LogP contribution >= 0.6 is 0 Å². The van der Waals surface area contributed by atoms with Crippen molar-refractivity contribution in [3.05, 3.63) is 58.2 Å². The van der Waals surface area contributed by atoms with E-state index in [1.54, 1.807) is 18.3 Å². The van der Waals surface area contributed by atoms with Crippen molar-refractivity contribution >= 4 is 5.69 Å². The highest BCUT2D eigenvalue weighted by Crippen LogP contribution is 2.21. The predicted octanol–water partition coefficient (Wildman–Crippen LogP) is 2.74.